The van der Waals surface area contributed by atoms with Crippen molar-refractivity contribution >= 4 is 11.7 Å². The molecule has 1 rings (SSSR count). The van der Waals surface area contributed by atoms with Crippen molar-refractivity contribution in [2.75, 3.05) is 7.11 Å². The van der Waals surface area contributed by atoms with Crippen LogP contribution in [0.1, 0.15) is 17.5 Å². The zero-order valence-corrected chi connectivity index (χ0v) is 9.52. The van der Waals surface area contributed by atoms with Crippen LogP contribution in [0, 0.1) is 28.9 Å². The first-order valence-electron chi connectivity index (χ1n) is 4.85. The van der Waals surface area contributed by atoms with Gasteiger partial charge in [0.15, 0.2) is 0 Å². The molecular formula is C12H11NO4. The number of hydrogen-bond acceptors (Lipinski definition) is 4. The normalized spacial score (nSPS) is 9.06. The maximum atomic E-state index is 10.8. The van der Waals surface area contributed by atoms with Gasteiger partial charge in [-0.25, -0.2) is 0 Å². The molecule has 0 spiro atoms. The topological polar surface area (TPSA) is 69.4 Å². The lowest BCUT2D eigenvalue weighted by atomic mass is 10.1. The predicted molar refractivity (Wildman–Crippen MR) is 61.3 cm³/mol. The van der Waals surface area contributed by atoms with Gasteiger partial charge in [0, 0.05) is 6.07 Å². The molecular weight excluding hydrogens is 222 g/mol. The summed E-state index contributed by atoms with van der Waals surface area (Å²) in [6.45, 7) is 1.81. The summed E-state index contributed by atoms with van der Waals surface area (Å²) >= 11 is 0. The highest BCUT2D eigenvalue weighted by atomic mass is 16.6. The lowest BCUT2D eigenvalue weighted by Gasteiger charge is -1.97. The SMILES string of the molecule is COC(=O)CC#Cc1cc(C)ccc1[N+](=O)[O-]. The fourth-order valence-corrected chi connectivity index (χ4v) is 1.19. The fourth-order valence-electron chi connectivity index (χ4n) is 1.19. The Hall–Kier alpha value is -2.35. The van der Waals surface area contributed by atoms with Gasteiger partial charge in [0.1, 0.15) is 12.0 Å². The number of carbonyl (C=O) groups excluding carboxylic acids is 1. The average molecular weight is 233 g/mol. The van der Waals surface area contributed by atoms with Gasteiger partial charge in [-0.1, -0.05) is 17.9 Å². The molecule has 1 aromatic carbocycles. The lowest BCUT2D eigenvalue weighted by molar-refractivity contribution is -0.385. The van der Waals surface area contributed by atoms with Crippen molar-refractivity contribution in [2.24, 2.45) is 0 Å². The minimum absolute atomic E-state index is 0.0621. The van der Waals surface area contributed by atoms with Crippen molar-refractivity contribution in [1.29, 1.82) is 0 Å². The van der Waals surface area contributed by atoms with Gasteiger partial charge in [-0.2, -0.15) is 0 Å². The molecule has 0 heterocycles. The van der Waals surface area contributed by atoms with Gasteiger partial charge in [0.25, 0.3) is 5.69 Å². The first-order valence-corrected chi connectivity index (χ1v) is 4.85. The molecule has 17 heavy (non-hydrogen) atoms. The number of nitro benzene ring substituents is 1. The summed E-state index contributed by atoms with van der Waals surface area (Å²) < 4.78 is 4.41. The Bertz CT molecular complexity index is 511. The zero-order chi connectivity index (χ0) is 12.8. The number of benzene rings is 1. The Labute approximate surface area is 98.5 Å². The van der Waals surface area contributed by atoms with Crippen LogP contribution in [-0.2, 0) is 9.53 Å². The van der Waals surface area contributed by atoms with Crippen molar-refractivity contribution < 1.29 is 14.5 Å². The Balaban J connectivity index is 3.00. The van der Waals surface area contributed by atoms with Crippen molar-refractivity contribution in [3.63, 3.8) is 0 Å². The summed E-state index contributed by atoms with van der Waals surface area (Å²) in [5.41, 5.74) is 1.12. The zero-order valence-electron chi connectivity index (χ0n) is 9.52. The van der Waals surface area contributed by atoms with Crippen LogP contribution >= 0.6 is 0 Å². The molecule has 0 N–H and O–H groups in total. The van der Waals surface area contributed by atoms with E-state index in [1.54, 1.807) is 12.1 Å². The molecule has 0 bridgehead atoms. The van der Waals surface area contributed by atoms with Crippen LogP contribution in [0.25, 0.3) is 0 Å². The molecule has 0 fully saturated rings. The minimum atomic E-state index is -0.498. The standard InChI is InChI=1S/C12H11NO4/c1-9-6-7-11(13(15)16)10(8-9)4-3-5-12(14)17-2/h6-8H,5H2,1-2H3. The molecule has 88 valence electrons. The molecule has 0 unspecified atom stereocenters. The second-order valence-electron chi connectivity index (χ2n) is 3.33. The summed E-state index contributed by atoms with van der Waals surface area (Å²) in [5.74, 6) is 4.69. The summed E-state index contributed by atoms with van der Waals surface area (Å²) in [5, 5.41) is 10.7. The Kier molecular flexibility index (Phi) is 4.23. The van der Waals surface area contributed by atoms with Crippen LogP contribution < -0.4 is 0 Å². The van der Waals surface area contributed by atoms with Gasteiger partial charge in [-0.15, -0.1) is 0 Å². The third-order valence-electron chi connectivity index (χ3n) is 2.03. The monoisotopic (exact) mass is 233 g/mol. The van der Waals surface area contributed by atoms with Gasteiger partial charge < -0.3 is 4.74 Å². The van der Waals surface area contributed by atoms with E-state index >= 15 is 0 Å². The quantitative estimate of drug-likeness (QED) is 0.338. The highest BCUT2D eigenvalue weighted by Crippen LogP contribution is 2.18. The fraction of sp³-hybridized carbons (Fsp3) is 0.250. The van der Waals surface area contributed by atoms with Crippen LogP contribution in [0.4, 0.5) is 5.69 Å². The van der Waals surface area contributed by atoms with E-state index in [-0.39, 0.29) is 12.1 Å². The second kappa shape index (κ2) is 5.66. The number of methoxy groups -OCH3 is 1. The van der Waals surface area contributed by atoms with E-state index in [9.17, 15) is 14.9 Å². The number of rotatable bonds is 2. The van der Waals surface area contributed by atoms with E-state index in [1.807, 2.05) is 6.92 Å². The number of hydrogen-bond donors (Lipinski definition) is 0. The summed E-state index contributed by atoms with van der Waals surface area (Å²) in [6.07, 6.45) is -0.0817. The highest BCUT2D eigenvalue weighted by Gasteiger charge is 2.11. The van der Waals surface area contributed by atoms with Crippen LogP contribution in [0.5, 0.6) is 0 Å². The largest absolute Gasteiger partial charge is 0.468 e. The first kappa shape index (κ1) is 12.7. The molecule has 0 aliphatic carbocycles. The summed E-state index contributed by atoms with van der Waals surface area (Å²) in [6, 6.07) is 4.66. The van der Waals surface area contributed by atoms with Crippen molar-refractivity contribution in [3.8, 4) is 11.8 Å². The maximum Gasteiger partial charge on any atom is 0.317 e. The average Bonchev–Trinajstić information content (AvgIpc) is 2.28. The molecule has 0 radical (unpaired) electrons. The number of ether oxygens (including phenoxy) is 1. The number of nitro groups is 1. The second-order valence-corrected chi connectivity index (χ2v) is 3.33. The van der Waals surface area contributed by atoms with Crippen LogP contribution in [0.3, 0.4) is 0 Å². The van der Waals surface area contributed by atoms with Crippen LogP contribution in [0.15, 0.2) is 18.2 Å². The number of nitrogens with zero attached hydrogens (tertiary/aromatic N) is 1. The van der Waals surface area contributed by atoms with Gasteiger partial charge in [0.2, 0.25) is 0 Å². The van der Waals surface area contributed by atoms with E-state index in [4.69, 9.17) is 0 Å². The predicted octanol–water partition coefficient (Wildman–Crippen LogP) is 1.82. The first-order chi connectivity index (χ1) is 8.04. The third kappa shape index (κ3) is 3.61. The molecule has 1 aromatic rings. The third-order valence-corrected chi connectivity index (χ3v) is 2.03. The molecule has 0 aliphatic rings. The molecule has 0 amide bonds. The van der Waals surface area contributed by atoms with E-state index in [2.05, 4.69) is 16.6 Å². The molecule has 0 saturated carbocycles. The van der Waals surface area contributed by atoms with Crippen molar-refractivity contribution in [3.05, 3.63) is 39.4 Å². The van der Waals surface area contributed by atoms with E-state index in [0.29, 0.717) is 5.56 Å². The number of aryl methyl sites for hydroxylation is 1. The molecule has 0 aliphatic heterocycles. The summed E-state index contributed by atoms with van der Waals surface area (Å²) in [7, 11) is 1.26. The number of carbonyl (C=O) groups is 1. The van der Waals surface area contributed by atoms with Gasteiger partial charge in [-0.3, -0.25) is 14.9 Å². The van der Waals surface area contributed by atoms with Gasteiger partial charge in [-0.05, 0) is 18.6 Å². The minimum Gasteiger partial charge on any atom is -0.468 e. The van der Waals surface area contributed by atoms with E-state index in [0.717, 1.165) is 5.56 Å². The van der Waals surface area contributed by atoms with Crippen LogP contribution in [-0.4, -0.2) is 18.0 Å². The number of esters is 1. The van der Waals surface area contributed by atoms with Gasteiger partial charge >= 0.3 is 5.97 Å². The Morgan fingerprint density at radius 1 is 1.53 bits per heavy atom. The molecule has 5 heteroatoms. The molecule has 0 atom stereocenters. The maximum absolute atomic E-state index is 10.8. The van der Waals surface area contributed by atoms with Crippen molar-refractivity contribution in [1.82, 2.24) is 0 Å². The Morgan fingerprint density at radius 3 is 2.82 bits per heavy atom. The van der Waals surface area contributed by atoms with Crippen molar-refractivity contribution in [2.45, 2.75) is 13.3 Å². The molecule has 0 aromatic heterocycles. The van der Waals surface area contributed by atoms with Crippen LogP contribution in [0.2, 0.25) is 0 Å². The Morgan fingerprint density at radius 2 is 2.24 bits per heavy atom. The van der Waals surface area contributed by atoms with E-state index < -0.39 is 10.9 Å². The molecule has 5 nitrogen and oxygen atoms in total. The van der Waals surface area contributed by atoms with Gasteiger partial charge in [0.05, 0.1) is 12.0 Å². The molecule has 0 saturated heterocycles. The van der Waals surface area contributed by atoms with E-state index in [1.165, 1.54) is 13.2 Å². The summed E-state index contributed by atoms with van der Waals surface area (Å²) in [4.78, 5) is 21.1. The lowest BCUT2D eigenvalue weighted by Crippen LogP contribution is -1.97. The smallest absolute Gasteiger partial charge is 0.317 e. The highest BCUT2D eigenvalue weighted by molar-refractivity contribution is 5.72.